The van der Waals surface area contributed by atoms with Crippen LogP contribution in [0, 0.1) is 5.92 Å². The number of hydrogen-bond donors (Lipinski definition) is 0. The number of nitrogens with zero attached hydrogens (tertiary/aromatic N) is 1. The highest BCUT2D eigenvalue weighted by Crippen LogP contribution is 2.24. The number of para-hydroxylation sites is 1. The number of likely N-dealkylation sites (tertiary alicyclic amines) is 1. The molecule has 1 unspecified atom stereocenters. The molecule has 3 rings (SSSR count). The fourth-order valence-electron chi connectivity index (χ4n) is 3.18. The molecule has 1 amide bonds. The second-order valence-corrected chi connectivity index (χ2v) is 5.87. The quantitative estimate of drug-likeness (QED) is 0.855. The molecule has 114 valence electrons. The molecular formula is C17H23NO3. The molecule has 0 aromatic heterocycles. The molecule has 0 N–H and O–H groups in total. The number of ether oxygens (including phenoxy) is 2. The third-order valence-corrected chi connectivity index (χ3v) is 4.36. The van der Waals surface area contributed by atoms with Gasteiger partial charge in [-0.15, -0.1) is 0 Å². The van der Waals surface area contributed by atoms with E-state index in [2.05, 4.69) is 0 Å². The number of carbonyl (C=O) groups excluding carboxylic acids is 1. The molecule has 0 saturated carbocycles. The summed E-state index contributed by atoms with van der Waals surface area (Å²) in [5, 5.41) is 0. The number of benzene rings is 1. The Morgan fingerprint density at radius 3 is 2.86 bits per heavy atom. The van der Waals surface area contributed by atoms with Gasteiger partial charge in [-0.1, -0.05) is 18.2 Å². The fraction of sp³-hybridized carbons (Fsp3) is 0.588. The smallest absolute Gasteiger partial charge is 0.228 e. The molecule has 1 aromatic rings. The predicted molar refractivity (Wildman–Crippen MR) is 80.2 cm³/mol. The lowest BCUT2D eigenvalue weighted by Gasteiger charge is -2.30. The average Bonchev–Trinajstić information content (AvgIpc) is 3.02. The molecule has 2 saturated heterocycles. The van der Waals surface area contributed by atoms with Crippen molar-refractivity contribution in [1.29, 1.82) is 0 Å². The Bertz CT molecular complexity index is 456. The number of carbonyl (C=O) groups is 1. The minimum Gasteiger partial charge on any atom is -0.491 e. The molecule has 4 heteroatoms. The van der Waals surface area contributed by atoms with E-state index in [-0.39, 0.29) is 17.9 Å². The standard InChI is InChI=1S/C17H23NO3/c19-17(14-6-5-11-20-12-14)18-10-4-7-15(18)13-21-16-8-2-1-3-9-16/h1-3,8-9,14-15H,4-7,10-13H2/t14?,15-/m0/s1. The molecule has 2 heterocycles. The molecule has 0 spiro atoms. The summed E-state index contributed by atoms with van der Waals surface area (Å²) in [6, 6.07) is 10.0. The topological polar surface area (TPSA) is 38.8 Å². The summed E-state index contributed by atoms with van der Waals surface area (Å²) in [6.07, 6.45) is 4.06. The Kier molecular flexibility index (Phi) is 4.76. The highest BCUT2D eigenvalue weighted by Gasteiger charge is 2.34. The van der Waals surface area contributed by atoms with Gasteiger partial charge in [0, 0.05) is 13.2 Å². The Labute approximate surface area is 126 Å². The van der Waals surface area contributed by atoms with Gasteiger partial charge in [0.15, 0.2) is 0 Å². The van der Waals surface area contributed by atoms with Crippen molar-refractivity contribution in [3.05, 3.63) is 30.3 Å². The predicted octanol–water partition coefficient (Wildman–Crippen LogP) is 2.48. The van der Waals surface area contributed by atoms with Crippen LogP contribution in [-0.4, -0.2) is 43.2 Å². The summed E-state index contributed by atoms with van der Waals surface area (Å²) in [7, 11) is 0. The van der Waals surface area contributed by atoms with Crippen molar-refractivity contribution >= 4 is 5.91 Å². The fourth-order valence-corrected chi connectivity index (χ4v) is 3.18. The molecule has 2 aliphatic rings. The Balaban J connectivity index is 1.56. The minimum absolute atomic E-state index is 0.0519. The van der Waals surface area contributed by atoms with Crippen LogP contribution in [0.1, 0.15) is 25.7 Å². The zero-order valence-electron chi connectivity index (χ0n) is 12.4. The highest BCUT2D eigenvalue weighted by molar-refractivity contribution is 5.79. The van der Waals surface area contributed by atoms with Gasteiger partial charge in [-0.3, -0.25) is 4.79 Å². The molecule has 0 bridgehead atoms. The first-order valence-corrected chi connectivity index (χ1v) is 7.90. The Morgan fingerprint density at radius 2 is 2.10 bits per heavy atom. The second kappa shape index (κ2) is 6.94. The van der Waals surface area contributed by atoms with Gasteiger partial charge < -0.3 is 14.4 Å². The van der Waals surface area contributed by atoms with Crippen LogP contribution >= 0.6 is 0 Å². The van der Waals surface area contributed by atoms with Gasteiger partial charge in [-0.05, 0) is 37.8 Å². The van der Waals surface area contributed by atoms with Crippen LogP contribution in [0.15, 0.2) is 30.3 Å². The lowest BCUT2D eigenvalue weighted by molar-refractivity contribution is -0.141. The van der Waals surface area contributed by atoms with E-state index in [1.165, 1.54) is 0 Å². The van der Waals surface area contributed by atoms with E-state index in [0.29, 0.717) is 13.2 Å². The summed E-state index contributed by atoms with van der Waals surface area (Å²) < 4.78 is 11.3. The van der Waals surface area contributed by atoms with Crippen molar-refractivity contribution < 1.29 is 14.3 Å². The summed E-state index contributed by atoms with van der Waals surface area (Å²) in [4.78, 5) is 14.6. The normalized spacial score (nSPS) is 25.8. The van der Waals surface area contributed by atoms with E-state index >= 15 is 0 Å². The van der Waals surface area contributed by atoms with Crippen molar-refractivity contribution in [1.82, 2.24) is 4.90 Å². The van der Waals surface area contributed by atoms with E-state index in [4.69, 9.17) is 9.47 Å². The maximum atomic E-state index is 12.6. The lowest BCUT2D eigenvalue weighted by Crippen LogP contribution is -2.44. The summed E-state index contributed by atoms with van der Waals surface area (Å²) in [5.41, 5.74) is 0. The van der Waals surface area contributed by atoms with Crippen LogP contribution in [0.5, 0.6) is 5.75 Å². The molecular weight excluding hydrogens is 266 g/mol. The Hall–Kier alpha value is -1.55. The molecule has 1 aromatic carbocycles. The van der Waals surface area contributed by atoms with Crippen LogP contribution in [-0.2, 0) is 9.53 Å². The maximum absolute atomic E-state index is 12.6. The van der Waals surface area contributed by atoms with Crippen molar-refractivity contribution in [2.45, 2.75) is 31.7 Å². The van der Waals surface area contributed by atoms with Gasteiger partial charge in [-0.2, -0.15) is 0 Å². The van der Waals surface area contributed by atoms with E-state index in [0.717, 1.165) is 44.6 Å². The van der Waals surface area contributed by atoms with Gasteiger partial charge >= 0.3 is 0 Å². The third kappa shape index (κ3) is 3.56. The summed E-state index contributed by atoms with van der Waals surface area (Å²) in [6.45, 7) is 2.83. The van der Waals surface area contributed by atoms with Crippen molar-refractivity contribution in [3.8, 4) is 5.75 Å². The van der Waals surface area contributed by atoms with E-state index in [1.807, 2.05) is 35.2 Å². The average molecular weight is 289 g/mol. The highest BCUT2D eigenvalue weighted by atomic mass is 16.5. The first-order valence-electron chi connectivity index (χ1n) is 7.90. The van der Waals surface area contributed by atoms with Crippen LogP contribution in [0.4, 0.5) is 0 Å². The molecule has 0 radical (unpaired) electrons. The van der Waals surface area contributed by atoms with Gasteiger partial charge in [-0.25, -0.2) is 0 Å². The first kappa shape index (κ1) is 14.4. The first-order chi connectivity index (χ1) is 10.3. The molecule has 0 aliphatic carbocycles. The van der Waals surface area contributed by atoms with Crippen LogP contribution in [0.3, 0.4) is 0 Å². The summed E-state index contributed by atoms with van der Waals surface area (Å²) in [5.74, 6) is 1.18. The van der Waals surface area contributed by atoms with Gasteiger partial charge in [0.25, 0.3) is 0 Å². The third-order valence-electron chi connectivity index (χ3n) is 4.36. The lowest BCUT2D eigenvalue weighted by atomic mass is 10.0. The number of rotatable bonds is 4. The van der Waals surface area contributed by atoms with Crippen molar-refractivity contribution in [2.24, 2.45) is 5.92 Å². The SMILES string of the molecule is O=C(C1CCCOC1)N1CCC[C@H]1COc1ccccc1. The second-order valence-electron chi connectivity index (χ2n) is 5.87. The number of amides is 1. The molecule has 2 fully saturated rings. The van der Waals surface area contributed by atoms with Crippen LogP contribution in [0.2, 0.25) is 0 Å². The van der Waals surface area contributed by atoms with Crippen molar-refractivity contribution in [3.63, 3.8) is 0 Å². The summed E-state index contributed by atoms with van der Waals surface area (Å²) >= 11 is 0. The Morgan fingerprint density at radius 1 is 1.24 bits per heavy atom. The largest absolute Gasteiger partial charge is 0.491 e. The van der Waals surface area contributed by atoms with E-state index in [9.17, 15) is 4.79 Å². The zero-order valence-corrected chi connectivity index (χ0v) is 12.4. The van der Waals surface area contributed by atoms with Crippen molar-refractivity contribution in [2.75, 3.05) is 26.4 Å². The molecule has 2 aliphatic heterocycles. The molecule has 21 heavy (non-hydrogen) atoms. The monoisotopic (exact) mass is 289 g/mol. The molecule has 2 atom stereocenters. The minimum atomic E-state index is 0.0519. The van der Waals surface area contributed by atoms with Gasteiger partial charge in [0.2, 0.25) is 5.91 Å². The van der Waals surface area contributed by atoms with Crippen LogP contribution in [0.25, 0.3) is 0 Å². The van der Waals surface area contributed by atoms with E-state index in [1.54, 1.807) is 0 Å². The van der Waals surface area contributed by atoms with Crippen LogP contribution < -0.4 is 4.74 Å². The van der Waals surface area contributed by atoms with Gasteiger partial charge in [0.1, 0.15) is 12.4 Å². The maximum Gasteiger partial charge on any atom is 0.228 e. The zero-order chi connectivity index (χ0) is 14.5. The molecule has 4 nitrogen and oxygen atoms in total. The van der Waals surface area contributed by atoms with E-state index < -0.39 is 0 Å². The van der Waals surface area contributed by atoms with Gasteiger partial charge in [0.05, 0.1) is 18.6 Å². The number of hydrogen-bond acceptors (Lipinski definition) is 3.